The highest BCUT2D eigenvalue weighted by molar-refractivity contribution is 6.30. The zero-order chi connectivity index (χ0) is 16.4. The van der Waals surface area contributed by atoms with Gasteiger partial charge in [-0.2, -0.15) is 0 Å². The van der Waals surface area contributed by atoms with Crippen LogP contribution in [0.4, 0.5) is 0 Å². The van der Waals surface area contributed by atoms with Gasteiger partial charge in [0.2, 0.25) is 0 Å². The van der Waals surface area contributed by atoms with Crippen LogP contribution in [0.25, 0.3) is 29.4 Å². The van der Waals surface area contributed by atoms with Crippen molar-refractivity contribution in [1.82, 2.24) is 14.5 Å². The maximum Gasteiger partial charge on any atom is 0.191 e. The van der Waals surface area contributed by atoms with E-state index in [0.717, 1.165) is 17.1 Å². The third-order valence-electron chi connectivity index (χ3n) is 3.39. The molecule has 0 unspecified atom stereocenters. The van der Waals surface area contributed by atoms with Crippen molar-refractivity contribution >= 4 is 23.8 Å². The molecule has 0 radical (unpaired) electrons. The summed E-state index contributed by atoms with van der Waals surface area (Å²) in [5.41, 5.74) is 2.63. The summed E-state index contributed by atoms with van der Waals surface area (Å²) in [4.78, 5) is 8.86. The Kier molecular flexibility index (Phi) is 4.17. The molecule has 0 spiro atoms. The summed E-state index contributed by atoms with van der Waals surface area (Å²) in [7, 11) is 0. The Labute approximate surface area is 139 Å². The molecule has 1 aromatic carbocycles. The van der Waals surface area contributed by atoms with Crippen molar-refractivity contribution in [3.63, 3.8) is 0 Å². The molecule has 0 aliphatic carbocycles. The van der Waals surface area contributed by atoms with Gasteiger partial charge in [-0.1, -0.05) is 24.3 Å². The quantitative estimate of drug-likeness (QED) is 0.665. The fourth-order valence-corrected chi connectivity index (χ4v) is 2.53. The maximum absolute atomic E-state index is 6.00. The number of aromatic nitrogens is 3. The molecule has 4 nitrogen and oxygen atoms in total. The summed E-state index contributed by atoms with van der Waals surface area (Å²) < 4.78 is 7.65. The Morgan fingerprint density at radius 3 is 2.57 bits per heavy atom. The summed E-state index contributed by atoms with van der Waals surface area (Å²) in [6.07, 6.45) is 7.34. The molecule has 0 atom stereocenters. The van der Waals surface area contributed by atoms with E-state index in [2.05, 4.69) is 11.6 Å². The van der Waals surface area contributed by atoms with E-state index in [4.69, 9.17) is 21.0 Å². The highest BCUT2D eigenvalue weighted by Gasteiger charge is 2.19. The molecule has 2 heterocycles. The van der Waals surface area contributed by atoms with Gasteiger partial charge < -0.3 is 4.42 Å². The zero-order valence-corrected chi connectivity index (χ0v) is 13.7. The van der Waals surface area contributed by atoms with Crippen LogP contribution < -0.4 is 0 Å². The second-order valence-electron chi connectivity index (χ2n) is 4.97. The topological polar surface area (TPSA) is 43.9 Å². The summed E-state index contributed by atoms with van der Waals surface area (Å²) in [5, 5.41) is 0.680. The van der Waals surface area contributed by atoms with Crippen LogP contribution in [0.1, 0.15) is 24.2 Å². The Balaban J connectivity index is 2.29. The first-order valence-electron chi connectivity index (χ1n) is 7.20. The minimum atomic E-state index is 0.596. The highest BCUT2D eigenvalue weighted by Crippen LogP contribution is 2.29. The lowest BCUT2D eigenvalue weighted by atomic mass is 10.2. The van der Waals surface area contributed by atoms with Crippen LogP contribution in [0.3, 0.4) is 0 Å². The molecule has 5 heteroatoms. The van der Waals surface area contributed by atoms with Gasteiger partial charge in [0.15, 0.2) is 17.5 Å². The zero-order valence-electron chi connectivity index (χ0n) is 13.0. The molecule has 3 aromatic rings. The van der Waals surface area contributed by atoms with Crippen LogP contribution in [0, 0.1) is 6.92 Å². The van der Waals surface area contributed by atoms with Crippen molar-refractivity contribution in [2.24, 2.45) is 0 Å². The molecule has 23 heavy (non-hydrogen) atoms. The summed E-state index contributed by atoms with van der Waals surface area (Å²) in [6, 6.07) is 7.55. The molecule has 0 amide bonds. The van der Waals surface area contributed by atoms with Crippen molar-refractivity contribution in [2.75, 3.05) is 0 Å². The average Bonchev–Trinajstić information content (AvgIpc) is 3.12. The number of imidazole rings is 1. The highest BCUT2D eigenvalue weighted by atomic mass is 35.5. The van der Waals surface area contributed by atoms with Gasteiger partial charge in [-0.25, -0.2) is 9.97 Å². The van der Waals surface area contributed by atoms with E-state index in [1.807, 2.05) is 47.9 Å². The van der Waals surface area contributed by atoms with Gasteiger partial charge in [-0.3, -0.25) is 4.57 Å². The lowest BCUT2D eigenvalue weighted by Crippen LogP contribution is -1.99. The predicted molar refractivity (Wildman–Crippen MR) is 93.6 cm³/mol. The fraction of sp³-hybridized carbons (Fsp3) is 0.111. The van der Waals surface area contributed by atoms with Crippen LogP contribution in [0.5, 0.6) is 0 Å². The first-order valence-corrected chi connectivity index (χ1v) is 7.58. The van der Waals surface area contributed by atoms with E-state index in [-0.39, 0.29) is 0 Å². The number of aryl methyl sites for hydroxylation is 1. The number of nitrogens with zero attached hydrogens (tertiary/aromatic N) is 3. The molecule has 3 rings (SSSR count). The molecule has 0 saturated heterocycles. The summed E-state index contributed by atoms with van der Waals surface area (Å²) in [6.45, 7) is 7.68. The summed E-state index contributed by atoms with van der Waals surface area (Å²) in [5.74, 6) is 1.88. The maximum atomic E-state index is 6.00. The number of rotatable bonds is 4. The smallest absolute Gasteiger partial charge is 0.191 e. The number of hydrogen-bond donors (Lipinski definition) is 0. The monoisotopic (exact) mass is 325 g/mol. The lowest BCUT2D eigenvalue weighted by molar-refractivity contribution is 0.529. The number of halogens is 1. The number of allylic oxidation sites excluding steroid dienone is 1. The van der Waals surface area contributed by atoms with E-state index in [1.165, 1.54) is 0 Å². The Morgan fingerprint density at radius 2 is 2.00 bits per heavy atom. The van der Waals surface area contributed by atoms with Crippen LogP contribution in [-0.4, -0.2) is 14.5 Å². The summed E-state index contributed by atoms with van der Waals surface area (Å²) >= 11 is 6.00. The third-order valence-corrected chi connectivity index (χ3v) is 3.64. The second kappa shape index (κ2) is 6.26. The van der Waals surface area contributed by atoms with E-state index in [1.54, 1.807) is 19.2 Å². The molecule has 2 aromatic heterocycles. The standard InChI is InChI=1S/C18H16ClN3O/c1-4-6-15-16(5-2)22(14-9-7-13(19)8-10-14)18(21-15)17-11-20-12(3)23-17/h4-11H,2H2,1,3H3/b6-4-. The number of benzene rings is 1. The normalized spacial score (nSPS) is 11.3. The predicted octanol–water partition coefficient (Wildman–Crippen LogP) is 5.17. The van der Waals surface area contributed by atoms with Gasteiger partial charge in [-0.05, 0) is 43.3 Å². The molecule has 116 valence electrons. The molecule has 0 N–H and O–H groups in total. The van der Waals surface area contributed by atoms with Crippen molar-refractivity contribution in [3.8, 4) is 17.3 Å². The Bertz CT molecular complexity index is 872. The Hall–Kier alpha value is -2.59. The minimum Gasteiger partial charge on any atom is -0.438 e. The molecule has 0 aliphatic rings. The van der Waals surface area contributed by atoms with E-state index in [0.29, 0.717) is 22.5 Å². The van der Waals surface area contributed by atoms with Crippen LogP contribution in [0.15, 0.2) is 47.5 Å². The number of hydrogen-bond acceptors (Lipinski definition) is 3. The van der Waals surface area contributed by atoms with Gasteiger partial charge in [0.1, 0.15) is 0 Å². The molecule has 0 saturated carbocycles. The average molecular weight is 326 g/mol. The Morgan fingerprint density at radius 1 is 1.26 bits per heavy atom. The van der Waals surface area contributed by atoms with Crippen molar-refractivity contribution < 1.29 is 4.42 Å². The van der Waals surface area contributed by atoms with Crippen molar-refractivity contribution in [3.05, 3.63) is 65.4 Å². The SMILES string of the molecule is C=Cc1c(/C=C\C)nc(-c2cnc(C)o2)n1-c1ccc(Cl)cc1. The van der Waals surface area contributed by atoms with Gasteiger partial charge in [0, 0.05) is 17.6 Å². The molecule has 0 bridgehead atoms. The van der Waals surface area contributed by atoms with E-state index in [9.17, 15) is 0 Å². The van der Waals surface area contributed by atoms with Crippen LogP contribution in [-0.2, 0) is 0 Å². The van der Waals surface area contributed by atoms with Gasteiger partial charge >= 0.3 is 0 Å². The molecule has 0 aliphatic heterocycles. The molecular formula is C18H16ClN3O. The minimum absolute atomic E-state index is 0.596. The first-order chi connectivity index (χ1) is 11.1. The van der Waals surface area contributed by atoms with Crippen LogP contribution >= 0.6 is 11.6 Å². The van der Waals surface area contributed by atoms with E-state index < -0.39 is 0 Å². The van der Waals surface area contributed by atoms with Gasteiger partial charge in [0.25, 0.3) is 0 Å². The largest absolute Gasteiger partial charge is 0.438 e. The second-order valence-corrected chi connectivity index (χ2v) is 5.40. The molecular weight excluding hydrogens is 310 g/mol. The van der Waals surface area contributed by atoms with E-state index >= 15 is 0 Å². The van der Waals surface area contributed by atoms with Crippen LogP contribution in [0.2, 0.25) is 5.02 Å². The first kappa shape index (κ1) is 15.3. The third kappa shape index (κ3) is 2.85. The van der Waals surface area contributed by atoms with Gasteiger partial charge in [0.05, 0.1) is 17.6 Å². The lowest BCUT2D eigenvalue weighted by Gasteiger charge is -2.09. The van der Waals surface area contributed by atoms with Crippen molar-refractivity contribution in [2.45, 2.75) is 13.8 Å². The van der Waals surface area contributed by atoms with Crippen molar-refractivity contribution in [1.29, 1.82) is 0 Å². The van der Waals surface area contributed by atoms with Gasteiger partial charge in [-0.15, -0.1) is 0 Å². The molecule has 0 fully saturated rings. The fourth-order valence-electron chi connectivity index (χ4n) is 2.41. The number of oxazole rings is 1.